The highest BCUT2D eigenvalue weighted by molar-refractivity contribution is 7.29. The predicted octanol–water partition coefficient (Wildman–Crippen LogP) is 2.64. The minimum Gasteiger partial charge on any atom is -0.349 e. The molecule has 0 aromatic carbocycles. The van der Waals surface area contributed by atoms with Gasteiger partial charge in [0.2, 0.25) is 0 Å². The normalized spacial score (nSPS) is 18.0. The number of hydrogen-bond acceptors (Lipinski definition) is 6. The van der Waals surface area contributed by atoms with E-state index >= 15 is 0 Å². The molecule has 1 aliphatic rings. The number of carbonyl (C=O) groups is 1. The number of carbonyl (C=O) groups excluding carboxylic acids is 1. The number of likely N-dealkylation sites (N-methyl/N-ethyl adjacent to an activating group) is 1. The second-order valence-corrected chi connectivity index (χ2v) is 7.55. The fourth-order valence-electron chi connectivity index (χ4n) is 2.77. The van der Waals surface area contributed by atoms with Gasteiger partial charge in [-0.3, -0.25) is 4.79 Å². The average Bonchev–Trinajstić information content (AvgIpc) is 3.22. The van der Waals surface area contributed by atoms with E-state index < -0.39 is 0 Å². The van der Waals surface area contributed by atoms with Gasteiger partial charge >= 0.3 is 0 Å². The third kappa shape index (κ3) is 2.85. The van der Waals surface area contributed by atoms with Crippen molar-refractivity contribution < 1.29 is 4.79 Å². The molecule has 2 aromatic rings. The Morgan fingerprint density at radius 2 is 2.18 bits per heavy atom. The number of amides is 1. The van der Waals surface area contributed by atoms with Crippen LogP contribution in [0.1, 0.15) is 29.9 Å². The number of nitrogens with zero attached hydrogens (tertiary/aromatic N) is 3. The number of thiophene rings is 1. The van der Waals surface area contributed by atoms with Crippen LogP contribution in [0.5, 0.6) is 0 Å². The summed E-state index contributed by atoms with van der Waals surface area (Å²) in [6.07, 6.45) is 1.03. The molecule has 0 spiro atoms. The van der Waals surface area contributed by atoms with E-state index in [-0.39, 0.29) is 5.91 Å². The van der Waals surface area contributed by atoms with Crippen molar-refractivity contribution in [1.82, 2.24) is 15.2 Å². The number of anilines is 1. The maximum absolute atomic E-state index is 12.6. The topological polar surface area (TPSA) is 48.5 Å². The van der Waals surface area contributed by atoms with Crippen LogP contribution in [0.2, 0.25) is 0 Å². The van der Waals surface area contributed by atoms with Gasteiger partial charge in [-0.15, -0.1) is 11.3 Å². The minimum absolute atomic E-state index is 0.119. The molecular weight excluding hydrogens is 316 g/mol. The molecule has 1 aliphatic heterocycles. The molecule has 1 saturated heterocycles. The molecule has 3 heterocycles. The Balaban J connectivity index is 1.80. The summed E-state index contributed by atoms with van der Waals surface area (Å²) in [5.74, 6) is 0.119. The molecule has 22 heavy (non-hydrogen) atoms. The fourth-order valence-corrected chi connectivity index (χ4v) is 5.09. The largest absolute Gasteiger partial charge is 0.349 e. The summed E-state index contributed by atoms with van der Waals surface area (Å²) in [6, 6.07) is 2.32. The Morgan fingerprint density at radius 1 is 1.41 bits per heavy atom. The lowest BCUT2D eigenvalue weighted by atomic mass is 10.2. The molecule has 0 bridgehead atoms. The number of nitrogens with one attached hydrogen (secondary N) is 1. The zero-order chi connectivity index (χ0) is 15.7. The standard InChI is InChI=1S/C15H22N4OS2/c1-4-19(5-2)15-17-13-11(22-15)8-12(21-13)14(20)18(3)10-6-7-16-9-10/h8,10,16H,4-7,9H2,1-3H3. The fraction of sp³-hybridized carbons (Fsp3) is 0.600. The van der Waals surface area contributed by atoms with Gasteiger partial charge in [-0.05, 0) is 32.9 Å². The van der Waals surface area contributed by atoms with E-state index in [1.807, 2.05) is 18.0 Å². The summed E-state index contributed by atoms with van der Waals surface area (Å²) in [7, 11) is 1.91. The lowest BCUT2D eigenvalue weighted by Crippen LogP contribution is -2.37. The monoisotopic (exact) mass is 338 g/mol. The number of fused-ring (bicyclic) bond motifs is 1. The van der Waals surface area contributed by atoms with Gasteiger partial charge in [-0.2, -0.15) is 0 Å². The SMILES string of the molecule is CCN(CC)c1nc2sc(C(=O)N(C)C3CCNC3)cc2s1. The second-order valence-electron chi connectivity index (χ2n) is 5.51. The lowest BCUT2D eigenvalue weighted by Gasteiger charge is -2.22. The summed E-state index contributed by atoms with van der Waals surface area (Å²) in [5.41, 5.74) is 0. The molecule has 7 heteroatoms. The Hall–Kier alpha value is -1.18. The van der Waals surface area contributed by atoms with Crippen LogP contribution in [0.25, 0.3) is 9.53 Å². The highest BCUT2D eigenvalue weighted by Crippen LogP contribution is 2.35. The number of hydrogen-bond donors (Lipinski definition) is 1. The first-order valence-corrected chi connectivity index (χ1v) is 9.40. The Bertz CT molecular complexity index is 624. The van der Waals surface area contributed by atoms with Crippen molar-refractivity contribution in [3.05, 3.63) is 10.9 Å². The van der Waals surface area contributed by atoms with Crippen molar-refractivity contribution in [1.29, 1.82) is 0 Å². The van der Waals surface area contributed by atoms with E-state index in [1.165, 1.54) is 11.3 Å². The summed E-state index contributed by atoms with van der Waals surface area (Å²) < 4.78 is 1.12. The van der Waals surface area contributed by atoms with E-state index in [2.05, 4.69) is 24.1 Å². The summed E-state index contributed by atoms with van der Waals surface area (Å²) in [5, 5.41) is 4.36. The molecule has 1 N–H and O–H groups in total. The third-order valence-corrected chi connectivity index (χ3v) is 6.43. The van der Waals surface area contributed by atoms with Crippen LogP contribution in [0.3, 0.4) is 0 Å². The van der Waals surface area contributed by atoms with E-state index in [9.17, 15) is 4.79 Å². The van der Waals surface area contributed by atoms with Crippen LogP contribution >= 0.6 is 22.7 Å². The van der Waals surface area contributed by atoms with E-state index in [1.54, 1.807) is 11.3 Å². The molecule has 0 radical (unpaired) electrons. The second kappa shape index (κ2) is 6.52. The van der Waals surface area contributed by atoms with Gasteiger partial charge in [0.1, 0.15) is 4.83 Å². The minimum atomic E-state index is 0.119. The lowest BCUT2D eigenvalue weighted by molar-refractivity contribution is 0.0749. The van der Waals surface area contributed by atoms with Crippen molar-refractivity contribution in [3.8, 4) is 0 Å². The van der Waals surface area contributed by atoms with Gasteiger partial charge in [0, 0.05) is 32.7 Å². The maximum Gasteiger partial charge on any atom is 0.264 e. The predicted molar refractivity (Wildman–Crippen MR) is 94.4 cm³/mol. The van der Waals surface area contributed by atoms with Crippen molar-refractivity contribution in [2.45, 2.75) is 26.3 Å². The van der Waals surface area contributed by atoms with Gasteiger partial charge in [0.05, 0.1) is 9.58 Å². The first kappa shape index (κ1) is 15.7. The van der Waals surface area contributed by atoms with Gasteiger partial charge in [0.25, 0.3) is 5.91 Å². The quantitative estimate of drug-likeness (QED) is 0.910. The Labute approximate surface area is 138 Å². The molecule has 2 aromatic heterocycles. The molecule has 1 unspecified atom stereocenters. The summed E-state index contributed by atoms with van der Waals surface area (Å²) in [4.78, 5) is 23.2. The zero-order valence-corrected chi connectivity index (χ0v) is 14.9. The Morgan fingerprint density at radius 3 is 2.77 bits per heavy atom. The van der Waals surface area contributed by atoms with E-state index in [0.717, 1.165) is 52.1 Å². The van der Waals surface area contributed by atoms with Gasteiger partial charge in [0.15, 0.2) is 5.13 Å². The zero-order valence-electron chi connectivity index (χ0n) is 13.3. The van der Waals surface area contributed by atoms with Crippen molar-refractivity contribution in [2.24, 2.45) is 0 Å². The Kier molecular flexibility index (Phi) is 4.65. The van der Waals surface area contributed by atoms with E-state index in [0.29, 0.717) is 6.04 Å². The van der Waals surface area contributed by atoms with Gasteiger partial charge < -0.3 is 15.1 Å². The molecule has 1 atom stereocenters. The maximum atomic E-state index is 12.6. The number of rotatable bonds is 5. The first-order chi connectivity index (χ1) is 10.6. The van der Waals surface area contributed by atoms with Crippen molar-refractivity contribution >= 4 is 43.2 Å². The summed E-state index contributed by atoms with van der Waals surface area (Å²) in [6.45, 7) is 8.08. The summed E-state index contributed by atoms with van der Waals surface area (Å²) >= 11 is 3.19. The van der Waals surface area contributed by atoms with Crippen molar-refractivity contribution in [3.63, 3.8) is 0 Å². The smallest absolute Gasteiger partial charge is 0.264 e. The first-order valence-electron chi connectivity index (χ1n) is 7.77. The number of thiazole rings is 1. The van der Waals surface area contributed by atoms with Crippen LogP contribution in [0.4, 0.5) is 5.13 Å². The van der Waals surface area contributed by atoms with Crippen LogP contribution in [-0.2, 0) is 0 Å². The molecular formula is C15H22N4OS2. The van der Waals surface area contributed by atoms with Gasteiger partial charge in [-0.1, -0.05) is 11.3 Å². The molecule has 1 fully saturated rings. The molecule has 5 nitrogen and oxygen atoms in total. The highest BCUT2D eigenvalue weighted by Gasteiger charge is 2.25. The van der Waals surface area contributed by atoms with Crippen LogP contribution in [0, 0.1) is 0 Å². The van der Waals surface area contributed by atoms with Gasteiger partial charge in [-0.25, -0.2) is 4.98 Å². The molecule has 0 aliphatic carbocycles. The van der Waals surface area contributed by atoms with Crippen LogP contribution in [-0.4, -0.2) is 55.1 Å². The van der Waals surface area contributed by atoms with E-state index in [4.69, 9.17) is 4.98 Å². The van der Waals surface area contributed by atoms with Crippen LogP contribution in [0.15, 0.2) is 6.07 Å². The number of aromatic nitrogens is 1. The molecule has 3 rings (SSSR count). The van der Waals surface area contributed by atoms with Crippen molar-refractivity contribution in [2.75, 3.05) is 38.1 Å². The third-order valence-electron chi connectivity index (χ3n) is 4.23. The molecule has 120 valence electrons. The molecule has 1 amide bonds. The highest BCUT2D eigenvalue weighted by atomic mass is 32.1. The van der Waals surface area contributed by atoms with Crippen LogP contribution < -0.4 is 10.2 Å². The average molecular weight is 339 g/mol. The molecule has 0 saturated carbocycles.